The zero-order chi connectivity index (χ0) is 25.1. The third-order valence-corrected chi connectivity index (χ3v) is 5.98. The topological polar surface area (TPSA) is 99.9 Å². The highest BCUT2D eigenvalue weighted by Crippen LogP contribution is 2.39. The number of rotatable bonds is 6. The van der Waals surface area contributed by atoms with Crippen LogP contribution in [0, 0.1) is 0 Å². The molecule has 1 aliphatic heterocycles. The van der Waals surface area contributed by atoms with Crippen LogP contribution in [0.1, 0.15) is 12.5 Å². The van der Waals surface area contributed by atoms with Crippen LogP contribution < -0.4 is 4.90 Å². The molecule has 9 nitrogen and oxygen atoms in total. The van der Waals surface area contributed by atoms with E-state index in [0.717, 1.165) is 27.8 Å². The number of fused-ring (bicyclic) bond motifs is 2. The number of ether oxygens (including phenoxy) is 1. The van der Waals surface area contributed by atoms with Crippen LogP contribution in [0.3, 0.4) is 0 Å². The second-order valence-electron chi connectivity index (χ2n) is 8.55. The Labute approximate surface area is 208 Å². The van der Waals surface area contributed by atoms with Crippen LogP contribution in [0.15, 0.2) is 58.1 Å². The van der Waals surface area contributed by atoms with Crippen molar-refractivity contribution in [1.82, 2.24) is 19.9 Å². The normalized spacial score (nSPS) is 14.8. The van der Waals surface area contributed by atoms with Gasteiger partial charge in [0.2, 0.25) is 11.8 Å². The van der Waals surface area contributed by atoms with Crippen LogP contribution in [0.2, 0.25) is 0 Å². The average Bonchev–Trinajstić information content (AvgIpc) is 3.51. The molecule has 1 fully saturated rings. The number of aliphatic imine (C=N–C) groups is 1. The summed E-state index contributed by atoms with van der Waals surface area (Å²) in [6, 6.07) is 8.08. The molecule has 1 aromatic carbocycles. The third-order valence-electron chi connectivity index (χ3n) is 5.98. The molecule has 36 heavy (non-hydrogen) atoms. The number of allylic oxidation sites excluding steroid dienone is 2. The Kier molecular flexibility index (Phi) is 6.64. The van der Waals surface area contributed by atoms with E-state index < -0.39 is 0 Å². The van der Waals surface area contributed by atoms with E-state index in [9.17, 15) is 4.79 Å². The molecule has 1 amide bonds. The molecule has 0 atom stereocenters. The number of aromatic amines is 1. The van der Waals surface area contributed by atoms with Crippen LogP contribution >= 0.6 is 0 Å². The summed E-state index contributed by atoms with van der Waals surface area (Å²) >= 11 is 0. The number of aromatic nitrogens is 3. The van der Waals surface area contributed by atoms with Gasteiger partial charge in [0.15, 0.2) is 17.2 Å². The average molecular weight is 485 g/mol. The second-order valence-corrected chi connectivity index (χ2v) is 8.55. The number of amides is 1. The van der Waals surface area contributed by atoms with E-state index in [1.165, 1.54) is 11.0 Å². The Morgan fingerprint density at radius 3 is 2.78 bits per heavy atom. The standard InChI is InChI=1S/C27H28N6O3/c1-4-28-27-20(8-5-6-11-22(34)32(2)3)23-24(36-27)26(33-14-16-35-17-15-33)31-25(30-23)19-9-7-10-21-18(19)12-13-29-21/h4-13,29H,14-17H2,1-3H3/b8-5+,11-6+,28-4-. The summed E-state index contributed by atoms with van der Waals surface area (Å²) in [5.74, 6) is 1.67. The van der Waals surface area contributed by atoms with Gasteiger partial charge in [-0.2, -0.15) is 0 Å². The van der Waals surface area contributed by atoms with Crippen LogP contribution in [0.4, 0.5) is 11.7 Å². The molecule has 1 aliphatic rings. The minimum absolute atomic E-state index is 0.0951. The maximum Gasteiger partial charge on any atom is 0.246 e. The van der Waals surface area contributed by atoms with Gasteiger partial charge in [-0.1, -0.05) is 24.3 Å². The molecule has 0 radical (unpaired) electrons. The van der Waals surface area contributed by atoms with Crippen molar-refractivity contribution in [1.29, 1.82) is 0 Å². The van der Waals surface area contributed by atoms with Crippen molar-refractivity contribution in [3.8, 4) is 11.4 Å². The fourth-order valence-corrected chi connectivity index (χ4v) is 4.16. The number of H-pyrrole nitrogens is 1. The lowest BCUT2D eigenvalue weighted by atomic mass is 10.1. The Hall–Kier alpha value is -4.24. The molecule has 0 spiro atoms. The fourth-order valence-electron chi connectivity index (χ4n) is 4.16. The molecule has 1 saturated heterocycles. The van der Waals surface area contributed by atoms with E-state index in [1.807, 2.05) is 43.5 Å². The second kappa shape index (κ2) is 10.2. The van der Waals surface area contributed by atoms with E-state index >= 15 is 0 Å². The minimum Gasteiger partial charge on any atom is -0.432 e. The van der Waals surface area contributed by atoms with E-state index in [-0.39, 0.29) is 5.91 Å². The van der Waals surface area contributed by atoms with Crippen LogP contribution in [0.25, 0.3) is 39.5 Å². The number of carbonyl (C=O) groups excluding carboxylic acids is 1. The molecule has 184 valence electrons. The van der Waals surface area contributed by atoms with Gasteiger partial charge in [-0.25, -0.2) is 15.0 Å². The van der Waals surface area contributed by atoms with Gasteiger partial charge in [0.25, 0.3) is 0 Å². The van der Waals surface area contributed by atoms with Crippen molar-refractivity contribution >= 4 is 51.9 Å². The van der Waals surface area contributed by atoms with Crippen LogP contribution in [-0.2, 0) is 9.53 Å². The van der Waals surface area contributed by atoms with Gasteiger partial charge in [0.05, 0.1) is 18.8 Å². The predicted molar refractivity (Wildman–Crippen MR) is 143 cm³/mol. The highest BCUT2D eigenvalue weighted by molar-refractivity contribution is 5.99. The molecule has 0 unspecified atom stereocenters. The molecule has 4 aromatic rings. The molecule has 0 saturated carbocycles. The maximum absolute atomic E-state index is 11.9. The number of morpholine rings is 1. The molecular weight excluding hydrogens is 456 g/mol. The number of furan rings is 1. The smallest absolute Gasteiger partial charge is 0.246 e. The molecule has 9 heteroatoms. The molecule has 0 aliphatic carbocycles. The molecule has 4 heterocycles. The van der Waals surface area contributed by atoms with Crippen LogP contribution in [0.5, 0.6) is 0 Å². The first kappa shape index (κ1) is 23.5. The first-order valence-corrected chi connectivity index (χ1v) is 11.8. The summed E-state index contributed by atoms with van der Waals surface area (Å²) in [4.78, 5) is 33.3. The van der Waals surface area contributed by atoms with Gasteiger partial charge < -0.3 is 23.9 Å². The van der Waals surface area contributed by atoms with Gasteiger partial charge in [-0.15, -0.1) is 0 Å². The molecule has 5 rings (SSSR count). The zero-order valence-electron chi connectivity index (χ0n) is 20.6. The largest absolute Gasteiger partial charge is 0.432 e. The number of nitrogens with one attached hydrogen (secondary N) is 1. The summed E-state index contributed by atoms with van der Waals surface area (Å²) in [6.07, 6.45) is 10.5. The number of hydrogen-bond acceptors (Lipinski definition) is 7. The number of benzene rings is 1. The summed E-state index contributed by atoms with van der Waals surface area (Å²) in [6.45, 7) is 4.47. The molecular formula is C27H28N6O3. The monoisotopic (exact) mass is 484 g/mol. The predicted octanol–water partition coefficient (Wildman–Crippen LogP) is 4.59. The van der Waals surface area contributed by atoms with Gasteiger partial charge in [-0.3, -0.25) is 4.79 Å². The molecule has 1 N–H and O–H groups in total. The zero-order valence-corrected chi connectivity index (χ0v) is 20.6. The highest BCUT2D eigenvalue weighted by Gasteiger charge is 2.24. The number of hydrogen-bond donors (Lipinski definition) is 1. The maximum atomic E-state index is 11.9. The lowest BCUT2D eigenvalue weighted by molar-refractivity contribution is -0.123. The number of likely N-dealkylation sites (N-methyl/N-ethyl adjacent to an activating group) is 1. The van der Waals surface area contributed by atoms with Crippen molar-refractivity contribution in [2.24, 2.45) is 4.99 Å². The third kappa shape index (κ3) is 4.52. The summed E-state index contributed by atoms with van der Waals surface area (Å²) < 4.78 is 11.8. The molecule has 3 aromatic heterocycles. The van der Waals surface area contributed by atoms with E-state index in [2.05, 4.69) is 14.9 Å². The van der Waals surface area contributed by atoms with Crippen molar-refractivity contribution in [3.63, 3.8) is 0 Å². The van der Waals surface area contributed by atoms with Crippen molar-refractivity contribution in [2.45, 2.75) is 6.92 Å². The summed E-state index contributed by atoms with van der Waals surface area (Å²) in [5.41, 5.74) is 3.92. The number of nitrogens with zero attached hydrogens (tertiary/aromatic N) is 5. The van der Waals surface area contributed by atoms with Gasteiger partial charge in [0.1, 0.15) is 5.52 Å². The number of anilines is 1. The van der Waals surface area contributed by atoms with Gasteiger partial charge in [-0.05, 0) is 25.1 Å². The van der Waals surface area contributed by atoms with E-state index in [1.54, 1.807) is 32.5 Å². The minimum atomic E-state index is -0.0951. The number of carbonyl (C=O) groups is 1. The van der Waals surface area contributed by atoms with Crippen molar-refractivity contribution in [3.05, 3.63) is 54.3 Å². The Morgan fingerprint density at radius 2 is 2.00 bits per heavy atom. The fraction of sp³-hybridized carbons (Fsp3) is 0.259. The van der Waals surface area contributed by atoms with Crippen molar-refractivity contribution < 1.29 is 13.9 Å². The van der Waals surface area contributed by atoms with Gasteiger partial charge in [0, 0.05) is 62.1 Å². The SMILES string of the molecule is C/C=N\c1oc2c(N3CCOCC3)nc(-c3cccc4[nH]ccc34)nc2c1/C=C/C=C/C(=O)N(C)C. The lowest BCUT2D eigenvalue weighted by Crippen LogP contribution is -2.37. The van der Waals surface area contributed by atoms with Crippen LogP contribution in [-0.4, -0.2) is 72.4 Å². The van der Waals surface area contributed by atoms with Gasteiger partial charge >= 0.3 is 0 Å². The van der Waals surface area contributed by atoms with Crippen molar-refractivity contribution in [2.75, 3.05) is 45.3 Å². The Bertz CT molecular complexity index is 1490. The Morgan fingerprint density at radius 1 is 1.17 bits per heavy atom. The van der Waals surface area contributed by atoms with E-state index in [0.29, 0.717) is 49.1 Å². The summed E-state index contributed by atoms with van der Waals surface area (Å²) in [7, 11) is 3.43. The Balaban J connectivity index is 1.70. The van der Waals surface area contributed by atoms with E-state index in [4.69, 9.17) is 19.1 Å². The lowest BCUT2D eigenvalue weighted by Gasteiger charge is -2.27. The summed E-state index contributed by atoms with van der Waals surface area (Å²) in [5, 5.41) is 1.04. The highest BCUT2D eigenvalue weighted by atomic mass is 16.5. The quantitative estimate of drug-likeness (QED) is 0.244. The first-order chi connectivity index (χ1) is 17.6. The molecule has 0 bridgehead atoms. The first-order valence-electron chi connectivity index (χ1n) is 11.8.